The number of nitrogens with one attached hydrogen (secondary N) is 3. The van der Waals surface area contributed by atoms with Crippen LogP contribution in [0.25, 0.3) is 0 Å². The van der Waals surface area contributed by atoms with Crippen molar-refractivity contribution in [2.45, 2.75) is 13.0 Å². The lowest BCUT2D eigenvalue weighted by Crippen LogP contribution is -2.40. The lowest BCUT2D eigenvalue weighted by Gasteiger charge is -2.16. The second-order valence-corrected chi connectivity index (χ2v) is 5.34. The molecule has 0 aliphatic heterocycles. The Hall–Kier alpha value is -2.81. The number of rotatable bonds is 5. The summed E-state index contributed by atoms with van der Waals surface area (Å²) in [6, 6.07) is 3.49. The summed E-state index contributed by atoms with van der Waals surface area (Å²) in [5, 5.41) is 2.56. The zero-order chi connectivity index (χ0) is 17.9. The maximum atomic E-state index is 13.6. The number of para-hydroxylation sites is 1. The van der Waals surface area contributed by atoms with E-state index in [1.807, 2.05) is 4.98 Å². The van der Waals surface area contributed by atoms with Gasteiger partial charge in [-0.2, -0.15) is 0 Å². The predicted octanol–water partition coefficient (Wildman–Crippen LogP) is 0.635. The lowest BCUT2D eigenvalue weighted by molar-refractivity contribution is 0.0921. The first-order valence-electron chi connectivity index (χ1n) is 6.79. The molecular weight excluding hydrogens is 343 g/mol. The second-order valence-electron chi connectivity index (χ2n) is 4.93. The van der Waals surface area contributed by atoms with E-state index in [1.54, 1.807) is 6.92 Å². The normalized spacial score (nSPS) is 11.8. The Bertz CT molecular complexity index is 860. The van der Waals surface area contributed by atoms with E-state index in [0.717, 1.165) is 0 Å². The third-order valence-corrected chi connectivity index (χ3v) is 3.28. The standard InChI is InChI=1S/C14H14ClFN4O4/c1-6(5-24-11-7(15)3-2-4-8(11)16)18-13(22)10-9(17)12(21)20-14(23)19-10/h2-4,6H,5,17H2,1H3,(H,18,22)(H2,19,20,21,23)/t6-/m1/s1. The van der Waals surface area contributed by atoms with Gasteiger partial charge in [0.2, 0.25) is 0 Å². The minimum absolute atomic E-state index is 0.0942. The number of anilines is 1. The number of aromatic amines is 2. The Kier molecular flexibility index (Phi) is 5.24. The average molecular weight is 357 g/mol. The van der Waals surface area contributed by atoms with E-state index in [-0.39, 0.29) is 23.1 Å². The van der Waals surface area contributed by atoms with Gasteiger partial charge in [-0.05, 0) is 19.1 Å². The van der Waals surface area contributed by atoms with Crippen molar-refractivity contribution in [2.75, 3.05) is 12.3 Å². The monoisotopic (exact) mass is 356 g/mol. The summed E-state index contributed by atoms with van der Waals surface area (Å²) < 4.78 is 18.8. The van der Waals surface area contributed by atoms with Crippen LogP contribution in [0, 0.1) is 5.82 Å². The Morgan fingerprint density at radius 2 is 2.12 bits per heavy atom. The molecule has 1 aromatic carbocycles. The van der Waals surface area contributed by atoms with E-state index in [4.69, 9.17) is 22.1 Å². The third kappa shape index (κ3) is 3.93. The Balaban J connectivity index is 2.05. The third-order valence-electron chi connectivity index (χ3n) is 2.98. The maximum Gasteiger partial charge on any atom is 0.326 e. The first kappa shape index (κ1) is 17.5. The molecule has 0 spiro atoms. The summed E-state index contributed by atoms with van der Waals surface area (Å²) in [5.41, 5.74) is 2.95. The van der Waals surface area contributed by atoms with Crippen LogP contribution in [0.4, 0.5) is 10.1 Å². The minimum atomic E-state index is -0.869. The molecule has 0 unspecified atom stereocenters. The quantitative estimate of drug-likeness (QED) is 0.624. The second kappa shape index (κ2) is 7.18. The molecule has 0 aliphatic carbocycles. The molecule has 2 rings (SSSR count). The summed E-state index contributed by atoms with van der Waals surface area (Å²) in [7, 11) is 0. The summed E-state index contributed by atoms with van der Waals surface area (Å²) in [5.74, 6) is -1.54. The molecule has 1 atom stereocenters. The van der Waals surface area contributed by atoms with Crippen LogP contribution in [0.2, 0.25) is 5.02 Å². The van der Waals surface area contributed by atoms with Crippen molar-refractivity contribution in [2.24, 2.45) is 0 Å². The molecule has 1 amide bonds. The molecule has 0 radical (unpaired) electrons. The fourth-order valence-corrected chi connectivity index (χ4v) is 2.06. The summed E-state index contributed by atoms with van der Waals surface area (Å²) in [4.78, 5) is 38.7. The summed E-state index contributed by atoms with van der Waals surface area (Å²) in [6.07, 6.45) is 0. The Morgan fingerprint density at radius 3 is 2.79 bits per heavy atom. The molecule has 0 saturated heterocycles. The lowest BCUT2D eigenvalue weighted by atomic mass is 10.3. The van der Waals surface area contributed by atoms with E-state index < -0.39 is 34.7 Å². The van der Waals surface area contributed by atoms with Crippen LogP contribution in [0.1, 0.15) is 17.4 Å². The van der Waals surface area contributed by atoms with Crippen molar-refractivity contribution in [3.05, 3.63) is 55.6 Å². The van der Waals surface area contributed by atoms with Crippen molar-refractivity contribution in [1.29, 1.82) is 0 Å². The molecule has 5 N–H and O–H groups in total. The summed E-state index contributed by atoms with van der Waals surface area (Å²) in [6.45, 7) is 1.48. The molecule has 10 heteroatoms. The molecule has 0 fully saturated rings. The number of carbonyl (C=O) groups excluding carboxylic acids is 1. The van der Waals surface area contributed by atoms with Gasteiger partial charge in [-0.15, -0.1) is 0 Å². The van der Waals surface area contributed by atoms with E-state index in [1.165, 1.54) is 18.2 Å². The van der Waals surface area contributed by atoms with Gasteiger partial charge < -0.3 is 20.8 Å². The molecule has 24 heavy (non-hydrogen) atoms. The van der Waals surface area contributed by atoms with Crippen LogP contribution < -0.4 is 27.0 Å². The molecule has 0 saturated carbocycles. The highest BCUT2D eigenvalue weighted by Crippen LogP contribution is 2.27. The number of hydrogen-bond acceptors (Lipinski definition) is 5. The number of benzene rings is 1. The smallest absolute Gasteiger partial charge is 0.326 e. The molecule has 2 aromatic rings. The number of nitrogens with two attached hydrogens (primary N) is 1. The van der Waals surface area contributed by atoms with Gasteiger partial charge in [0.15, 0.2) is 11.6 Å². The fraction of sp³-hybridized carbons (Fsp3) is 0.214. The Labute approximate surface area is 139 Å². The first-order chi connectivity index (χ1) is 11.3. The SMILES string of the molecule is C[C@H](COc1c(F)cccc1Cl)NC(=O)c1[nH]c(=O)[nH]c(=O)c1N. The van der Waals surface area contributed by atoms with Gasteiger partial charge in [-0.25, -0.2) is 9.18 Å². The van der Waals surface area contributed by atoms with E-state index in [9.17, 15) is 18.8 Å². The first-order valence-corrected chi connectivity index (χ1v) is 7.17. The molecule has 1 heterocycles. The van der Waals surface area contributed by atoms with Crippen molar-refractivity contribution in [3.63, 3.8) is 0 Å². The van der Waals surface area contributed by atoms with Crippen LogP contribution in [0.15, 0.2) is 27.8 Å². The van der Waals surface area contributed by atoms with Crippen LogP contribution in [-0.4, -0.2) is 28.5 Å². The zero-order valence-electron chi connectivity index (χ0n) is 12.5. The number of carbonyl (C=O) groups is 1. The molecule has 128 valence electrons. The number of halogens is 2. The van der Waals surface area contributed by atoms with Crippen molar-refractivity contribution < 1.29 is 13.9 Å². The van der Waals surface area contributed by atoms with Gasteiger partial charge in [0.25, 0.3) is 11.5 Å². The van der Waals surface area contributed by atoms with E-state index in [0.29, 0.717) is 0 Å². The predicted molar refractivity (Wildman–Crippen MR) is 85.9 cm³/mol. The van der Waals surface area contributed by atoms with Gasteiger partial charge in [-0.3, -0.25) is 14.6 Å². The number of ether oxygens (including phenoxy) is 1. The highest BCUT2D eigenvalue weighted by Gasteiger charge is 2.17. The number of H-pyrrole nitrogens is 2. The van der Waals surface area contributed by atoms with Crippen molar-refractivity contribution in [1.82, 2.24) is 15.3 Å². The van der Waals surface area contributed by atoms with Gasteiger partial charge in [0, 0.05) is 0 Å². The van der Waals surface area contributed by atoms with E-state index >= 15 is 0 Å². The largest absolute Gasteiger partial charge is 0.487 e. The molecule has 1 aromatic heterocycles. The Morgan fingerprint density at radius 1 is 1.42 bits per heavy atom. The van der Waals surface area contributed by atoms with Gasteiger partial charge >= 0.3 is 5.69 Å². The van der Waals surface area contributed by atoms with E-state index in [2.05, 4.69) is 10.3 Å². The number of nitrogen functional groups attached to an aromatic ring is 1. The maximum absolute atomic E-state index is 13.6. The molecule has 0 aliphatic rings. The molecule has 8 nitrogen and oxygen atoms in total. The van der Waals surface area contributed by atoms with Crippen molar-refractivity contribution >= 4 is 23.2 Å². The van der Waals surface area contributed by atoms with Crippen LogP contribution in [0.3, 0.4) is 0 Å². The van der Waals surface area contributed by atoms with Crippen LogP contribution in [0.5, 0.6) is 5.75 Å². The van der Waals surface area contributed by atoms with Crippen molar-refractivity contribution in [3.8, 4) is 5.75 Å². The van der Waals surface area contributed by atoms with Gasteiger partial charge in [0.05, 0.1) is 11.1 Å². The van der Waals surface area contributed by atoms with Crippen LogP contribution >= 0.6 is 11.6 Å². The number of amides is 1. The minimum Gasteiger partial charge on any atom is -0.487 e. The molecular formula is C14H14ClFN4O4. The highest BCUT2D eigenvalue weighted by atomic mass is 35.5. The fourth-order valence-electron chi connectivity index (χ4n) is 1.84. The number of aromatic nitrogens is 2. The van der Waals surface area contributed by atoms with Gasteiger partial charge in [-0.1, -0.05) is 17.7 Å². The zero-order valence-corrected chi connectivity index (χ0v) is 13.2. The topological polar surface area (TPSA) is 130 Å². The summed E-state index contributed by atoms with van der Waals surface area (Å²) >= 11 is 5.82. The average Bonchev–Trinajstić information content (AvgIpc) is 2.50. The van der Waals surface area contributed by atoms with Gasteiger partial charge in [0.1, 0.15) is 18.0 Å². The van der Waals surface area contributed by atoms with Crippen LogP contribution in [-0.2, 0) is 0 Å². The highest BCUT2D eigenvalue weighted by molar-refractivity contribution is 6.32. The number of hydrogen-bond donors (Lipinski definition) is 4. The molecule has 0 bridgehead atoms.